The van der Waals surface area contributed by atoms with Gasteiger partial charge in [-0.2, -0.15) is 5.10 Å². The van der Waals surface area contributed by atoms with Crippen LogP contribution < -0.4 is 19.6 Å². The lowest BCUT2D eigenvalue weighted by Crippen LogP contribution is -2.18. The first-order chi connectivity index (χ1) is 18.4. The second kappa shape index (κ2) is 12.4. The Morgan fingerprint density at radius 2 is 1.74 bits per heavy atom. The molecule has 0 aliphatic heterocycles. The first-order valence-electron chi connectivity index (χ1n) is 11.7. The third-order valence-electron chi connectivity index (χ3n) is 5.58. The van der Waals surface area contributed by atoms with Crippen molar-refractivity contribution in [3.05, 3.63) is 98.6 Å². The van der Waals surface area contributed by atoms with E-state index in [1.165, 1.54) is 19.4 Å². The van der Waals surface area contributed by atoms with Gasteiger partial charge in [-0.05, 0) is 87.8 Å². The van der Waals surface area contributed by atoms with Crippen LogP contribution in [0.2, 0.25) is 0 Å². The minimum Gasteiger partial charge on any atom is -0.496 e. The number of rotatable bonds is 10. The highest BCUT2D eigenvalue weighted by molar-refractivity contribution is 14.1. The lowest BCUT2D eigenvalue weighted by Gasteiger charge is -2.15. The highest BCUT2D eigenvalue weighted by atomic mass is 127. The molecule has 0 spiro atoms. The van der Waals surface area contributed by atoms with Crippen LogP contribution in [0.4, 0.5) is 0 Å². The van der Waals surface area contributed by atoms with Gasteiger partial charge in [0.15, 0.2) is 11.5 Å². The topological polar surface area (TPSA) is 106 Å². The van der Waals surface area contributed by atoms with Gasteiger partial charge in [-0.25, -0.2) is 10.2 Å². The molecule has 0 atom stereocenters. The van der Waals surface area contributed by atoms with Gasteiger partial charge < -0.3 is 19.3 Å². The molecule has 0 fully saturated rings. The Hall–Kier alpha value is -4.12. The SMILES string of the molecule is CCOc1cc(/C=N\NC(=O)c2cc3ccccc3cc2OC)cc(I)c1OCc1cccc(C(=O)O)c1. The average molecular weight is 624 g/mol. The maximum atomic E-state index is 12.8. The van der Waals surface area contributed by atoms with E-state index in [1.54, 1.807) is 30.3 Å². The van der Waals surface area contributed by atoms with Crippen molar-refractivity contribution >= 4 is 51.5 Å². The summed E-state index contributed by atoms with van der Waals surface area (Å²) in [7, 11) is 1.52. The predicted octanol–water partition coefficient (Wildman–Crippen LogP) is 5.89. The molecule has 4 aromatic rings. The molecule has 0 radical (unpaired) electrons. The summed E-state index contributed by atoms with van der Waals surface area (Å²) in [6.45, 7) is 2.46. The molecular weight excluding hydrogens is 599 g/mol. The zero-order valence-electron chi connectivity index (χ0n) is 20.7. The normalized spacial score (nSPS) is 10.9. The smallest absolute Gasteiger partial charge is 0.335 e. The van der Waals surface area contributed by atoms with Gasteiger partial charge in [0.2, 0.25) is 0 Å². The number of hydrogen-bond donors (Lipinski definition) is 2. The van der Waals surface area contributed by atoms with Gasteiger partial charge in [-0.3, -0.25) is 4.79 Å². The number of carbonyl (C=O) groups excluding carboxylic acids is 1. The number of aromatic carboxylic acids is 1. The van der Waals surface area contributed by atoms with Crippen molar-refractivity contribution in [2.24, 2.45) is 5.10 Å². The number of nitrogens with zero attached hydrogens (tertiary/aromatic N) is 1. The van der Waals surface area contributed by atoms with Crippen LogP contribution in [-0.4, -0.2) is 36.9 Å². The number of carbonyl (C=O) groups is 2. The summed E-state index contributed by atoms with van der Waals surface area (Å²) in [4.78, 5) is 24.1. The van der Waals surface area contributed by atoms with Gasteiger partial charge in [0.05, 0.1) is 34.6 Å². The highest BCUT2D eigenvalue weighted by Crippen LogP contribution is 2.34. The zero-order chi connectivity index (χ0) is 27.1. The molecule has 194 valence electrons. The van der Waals surface area contributed by atoms with E-state index in [2.05, 4.69) is 33.1 Å². The molecule has 0 aliphatic carbocycles. The molecule has 38 heavy (non-hydrogen) atoms. The van der Waals surface area contributed by atoms with Gasteiger partial charge in [0.1, 0.15) is 12.4 Å². The van der Waals surface area contributed by atoms with Crippen molar-refractivity contribution in [3.8, 4) is 17.2 Å². The minimum atomic E-state index is -0.994. The summed E-state index contributed by atoms with van der Waals surface area (Å²) in [5.41, 5.74) is 4.56. The van der Waals surface area contributed by atoms with Crippen molar-refractivity contribution < 1.29 is 28.9 Å². The van der Waals surface area contributed by atoms with E-state index in [0.29, 0.717) is 35.0 Å². The number of hydrogen-bond acceptors (Lipinski definition) is 6. The van der Waals surface area contributed by atoms with Crippen molar-refractivity contribution in [1.82, 2.24) is 5.43 Å². The Bertz CT molecular complexity index is 1520. The third-order valence-corrected chi connectivity index (χ3v) is 6.38. The summed E-state index contributed by atoms with van der Waals surface area (Å²) in [6.07, 6.45) is 1.52. The highest BCUT2D eigenvalue weighted by Gasteiger charge is 2.15. The fourth-order valence-corrected chi connectivity index (χ4v) is 4.59. The van der Waals surface area contributed by atoms with Crippen molar-refractivity contribution in [2.75, 3.05) is 13.7 Å². The van der Waals surface area contributed by atoms with Gasteiger partial charge in [0, 0.05) is 0 Å². The second-order valence-electron chi connectivity index (χ2n) is 8.16. The van der Waals surface area contributed by atoms with E-state index >= 15 is 0 Å². The maximum Gasteiger partial charge on any atom is 0.335 e. The van der Waals surface area contributed by atoms with Crippen molar-refractivity contribution in [2.45, 2.75) is 13.5 Å². The van der Waals surface area contributed by atoms with Crippen LogP contribution in [0.3, 0.4) is 0 Å². The van der Waals surface area contributed by atoms with Crippen molar-refractivity contribution in [3.63, 3.8) is 0 Å². The fourth-order valence-electron chi connectivity index (χ4n) is 3.81. The Morgan fingerprint density at radius 1 is 0.974 bits per heavy atom. The van der Waals surface area contributed by atoms with E-state index in [0.717, 1.165) is 19.9 Å². The summed E-state index contributed by atoms with van der Waals surface area (Å²) >= 11 is 2.14. The summed E-state index contributed by atoms with van der Waals surface area (Å²) in [5, 5.41) is 15.2. The molecule has 9 heteroatoms. The number of fused-ring (bicyclic) bond motifs is 1. The quantitative estimate of drug-likeness (QED) is 0.130. The van der Waals surface area contributed by atoms with Crippen LogP contribution >= 0.6 is 22.6 Å². The van der Waals surface area contributed by atoms with Crippen LogP contribution in [0.15, 0.2) is 77.9 Å². The van der Waals surface area contributed by atoms with Crippen LogP contribution in [0.5, 0.6) is 17.2 Å². The molecule has 0 bridgehead atoms. The fraction of sp³-hybridized carbons (Fsp3) is 0.138. The van der Waals surface area contributed by atoms with E-state index in [-0.39, 0.29) is 12.2 Å². The van der Waals surface area contributed by atoms with E-state index < -0.39 is 11.9 Å². The average Bonchev–Trinajstić information content (AvgIpc) is 2.92. The Kier molecular flexibility index (Phi) is 8.80. The van der Waals surface area contributed by atoms with Crippen LogP contribution in [0, 0.1) is 3.57 Å². The number of halogens is 1. The Balaban J connectivity index is 1.50. The van der Waals surface area contributed by atoms with E-state index in [9.17, 15) is 14.7 Å². The lowest BCUT2D eigenvalue weighted by molar-refractivity contribution is 0.0696. The molecule has 1 amide bonds. The monoisotopic (exact) mass is 624 g/mol. The first-order valence-corrected chi connectivity index (χ1v) is 12.8. The largest absolute Gasteiger partial charge is 0.496 e. The standard InChI is InChI=1S/C29H25IN2O6/c1-3-37-26-13-19(12-24(30)27(26)38-17-18-7-6-10-22(11-18)29(34)35)16-31-32-28(33)23-14-20-8-4-5-9-21(20)15-25(23)36-2/h4-16H,3,17H2,1-2H3,(H,32,33)(H,34,35)/b31-16-. The number of carboxylic acids is 1. The number of ether oxygens (including phenoxy) is 3. The Labute approximate surface area is 233 Å². The summed E-state index contributed by atoms with van der Waals surface area (Å²) in [6, 6.07) is 21.5. The maximum absolute atomic E-state index is 12.8. The molecule has 0 heterocycles. The number of carboxylic acid groups (broad SMARTS) is 1. The summed E-state index contributed by atoms with van der Waals surface area (Å²) in [5.74, 6) is 0.117. The second-order valence-corrected chi connectivity index (χ2v) is 9.32. The molecule has 4 rings (SSSR count). The number of nitrogens with one attached hydrogen (secondary N) is 1. The van der Waals surface area contributed by atoms with Crippen LogP contribution in [-0.2, 0) is 6.61 Å². The molecule has 8 nitrogen and oxygen atoms in total. The molecule has 0 aromatic heterocycles. The number of amides is 1. The number of methoxy groups -OCH3 is 1. The predicted molar refractivity (Wildman–Crippen MR) is 154 cm³/mol. The first kappa shape index (κ1) is 26.9. The lowest BCUT2D eigenvalue weighted by atomic mass is 10.1. The molecule has 0 saturated carbocycles. The van der Waals surface area contributed by atoms with Crippen LogP contribution in [0.25, 0.3) is 10.8 Å². The number of hydrazone groups is 1. The molecule has 0 saturated heterocycles. The molecule has 0 aliphatic rings. The van der Waals surface area contributed by atoms with Gasteiger partial charge in [-0.15, -0.1) is 0 Å². The van der Waals surface area contributed by atoms with Crippen molar-refractivity contribution in [1.29, 1.82) is 0 Å². The van der Waals surface area contributed by atoms with Gasteiger partial charge >= 0.3 is 5.97 Å². The summed E-state index contributed by atoms with van der Waals surface area (Å²) < 4.78 is 18.0. The minimum absolute atomic E-state index is 0.175. The van der Waals surface area contributed by atoms with Crippen LogP contribution in [0.1, 0.15) is 38.8 Å². The Morgan fingerprint density at radius 3 is 2.45 bits per heavy atom. The van der Waals surface area contributed by atoms with Gasteiger partial charge in [-0.1, -0.05) is 36.4 Å². The third kappa shape index (κ3) is 6.41. The molecule has 0 unspecified atom stereocenters. The van der Waals surface area contributed by atoms with Gasteiger partial charge in [0.25, 0.3) is 5.91 Å². The molecular formula is C29H25IN2O6. The molecule has 2 N–H and O–H groups in total. The van der Waals surface area contributed by atoms with E-state index in [4.69, 9.17) is 14.2 Å². The molecule has 4 aromatic carbocycles. The van der Waals surface area contributed by atoms with E-state index in [1.807, 2.05) is 43.3 Å². The number of benzene rings is 4. The zero-order valence-corrected chi connectivity index (χ0v) is 22.9.